The number of rotatable bonds is 5. The smallest absolute Gasteiger partial charge is 0.307 e. The number of esters is 1. The minimum absolute atomic E-state index is 0.141. The van der Waals surface area contributed by atoms with Crippen LogP contribution in [0.25, 0.3) is 0 Å². The number of imide groups is 1. The Morgan fingerprint density at radius 3 is 2.87 bits per heavy atom. The van der Waals surface area contributed by atoms with Crippen LogP contribution in [0.2, 0.25) is 0 Å². The summed E-state index contributed by atoms with van der Waals surface area (Å²) in [6.07, 6.45) is 0.341. The molecule has 1 aliphatic heterocycles. The Hall–Kier alpha value is -1.43. The van der Waals surface area contributed by atoms with E-state index in [2.05, 4.69) is 10.6 Å². The van der Waals surface area contributed by atoms with Crippen LogP contribution >= 0.6 is 0 Å². The fourth-order valence-electron chi connectivity index (χ4n) is 1.30. The SMILES string of the molecule is CCOC(=O)CCNC1CC(=O)NC1=O. The van der Waals surface area contributed by atoms with Crippen molar-refractivity contribution in [1.82, 2.24) is 10.6 Å². The Morgan fingerprint density at radius 2 is 2.33 bits per heavy atom. The van der Waals surface area contributed by atoms with Gasteiger partial charge in [0, 0.05) is 6.54 Å². The largest absolute Gasteiger partial charge is 0.466 e. The normalized spacial score (nSPS) is 20.2. The highest BCUT2D eigenvalue weighted by molar-refractivity contribution is 6.05. The van der Waals surface area contributed by atoms with Gasteiger partial charge in [0.05, 0.1) is 25.5 Å². The summed E-state index contributed by atoms with van der Waals surface area (Å²) < 4.78 is 4.71. The molecule has 1 saturated heterocycles. The fourth-order valence-corrected chi connectivity index (χ4v) is 1.30. The zero-order valence-corrected chi connectivity index (χ0v) is 8.54. The van der Waals surface area contributed by atoms with Gasteiger partial charge in [-0.05, 0) is 6.92 Å². The summed E-state index contributed by atoms with van der Waals surface area (Å²) in [6.45, 7) is 2.42. The van der Waals surface area contributed by atoms with Crippen molar-refractivity contribution in [2.24, 2.45) is 0 Å². The van der Waals surface area contributed by atoms with Crippen molar-refractivity contribution in [1.29, 1.82) is 0 Å². The van der Waals surface area contributed by atoms with Crippen molar-refractivity contribution in [3.63, 3.8) is 0 Å². The molecule has 0 aromatic carbocycles. The summed E-state index contributed by atoms with van der Waals surface area (Å²) >= 11 is 0. The molecule has 0 radical (unpaired) electrons. The Balaban J connectivity index is 2.18. The monoisotopic (exact) mass is 214 g/mol. The summed E-state index contributed by atoms with van der Waals surface area (Å²) in [4.78, 5) is 32.8. The Bertz CT molecular complexity index is 277. The van der Waals surface area contributed by atoms with Crippen LogP contribution in [0.5, 0.6) is 0 Å². The Kier molecular flexibility index (Phi) is 4.23. The molecule has 1 aliphatic rings. The molecule has 84 valence electrons. The number of hydrogen-bond acceptors (Lipinski definition) is 5. The van der Waals surface area contributed by atoms with Crippen LogP contribution in [0.15, 0.2) is 0 Å². The molecule has 1 atom stereocenters. The van der Waals surface area contributed by atoms with Gasteiger partial charge in [-0.25, -0.2) is 0 Å². The van der Waals surface area contributed by atoms with Crippen LogP contribution in [0, 0.1) is 0 Å². The first-order valence-corrected chi connectivity index (χ1v) is 4.86. The molecule has 0 aliphatic carbocycles. The van der Waals surface area contributed by atoms with Crippen molar-refractivity contribution >= 4 is 17.8 Å². The standard InChI is InChI=1S/C9H14N2O4/c1-2-15-8(13)3-4-10-6-5-7(12)11-9(6)14/h6,10H,2-5H2,1H3,(H,11,12,14). The highest BCUT2D eigenvalue weighted by Crippen LogP contribution is 2.00. The Morgan fingerprint density at radius 1 is 1.60 bits per heavy atom. The summed E-state index contributed by atoms with van der Waals surface area (Å²) in [7, 11) is 0. The van der Waals surface area contributed by atoms with E-state index in [1.807, 2.05) is 0 Å². The van der Waals surface area contributed by atoms with E-state index in [4.69, 9.17) is 4.74 Å². The number of carbonyl (C=O) groups excluding carboxylic acids is 3. The summed E-state index contributed by atoms with van der Waals surface area (Å²) in [5, 5.41) is 4.99. The van der Waals surface area contributed by atoms with Gasteiger partial charge in [-0.15, -0.1) is 0 Å². The molecule has 1 unspecified atom stereocenters. The van der Waals surface area contributed by atoms with E-state index in [1.165, 1.54) is 0 Å². The van der Waals surface area contributed by atoms with Gasteiger partial charge in [0.1, 0.15) is 0 Å². The van der Waals surface area contributed by atoms with E-state index >= 15 is 0 Å². The van der Waals surface area contributed by atoms with Gasteiger partial charge < -0.3 is 10.1 Å². The highest BCUT2D eigenvalue weighted by atomic mass is 16.5. The zero-order valence-electron chi connectivity index (χ0n) is 8.54. The first-order chi connectivity index (χ1) is 7.13. The molecule has 2 N–H and O–H groups in total. The van der Waals surface area contributed by atoms with Crippen molar-refractivity contribution in [3.05, 3.63) is 0 Å². The second kappa shape index (κ2) is 5.45. The van der Waals surface area contributed by atoms with E-state index < -0.39 is 6.04 Å². The third kappa shape index (κ3) is 3.67. The molecule has 15 heavy (non-hydrogen) atoms. The molecule has 0 saturated carbocycles. The lowest BCUT2D eigenvalue weighted by atomic mass is 10.2. The van der Waals surface area contributed by atoms with Gasteiger partial charge in [0.25, 0.3) is 0 Å². The van der Waals surface area contributed by atoms with Gasteiger partial charge in [-0.3, -0.25) is 19.7 Å². The number of hydrogen-bond donors (Lipinski definition) is 2. The number of nitrogens with one attached hydrogen (secondary N) is 2. The van der Waals surface area contributed by atoms with Crippen molar-refractivity contribution < 1.29 is 19.1 Å². The molecule has 0 aromatic heterocycles. The van der Waals surface area contributed by atoms with E-state index in [1.54, 1.807) is 6.92 Å². The van der Waals surface area contributed by atoms with Crippen LogP contribution in [0.4, 0.5) is 0 Å². The highest BCUT2D eigenvalue weighted by Gasteiger charge is 2.29. The van der Waals surface area contributed by atoms with Gasteiger partial charge in [-0.2, -0.15) is 0 Å². The summed E-state index contributed by atoms with van der Waals surface area (Å²) in [6, 6.07) is -0.507. The zero-order chi connectivity index (χ0) is 11.3. The molecule has 1 rings (SSSR count). The van der Waals surface area contributed by atoms with Crippen LogP contribution < -0.4 is 10.6 Å². The van der Waals surface area contributed by atoms with E-state index in [-0.39, 0.29) is 30.6 Å². The second-order valence-corrected chi connectivity index (χ2v) is 3.18. The molecule has 6 heteroatoms. The predicted molar refractivity (Wildman–Crippen MR) is 50.8 cm³/mol. The number of amides is 2. The van der Waals surface area contributed by atoms with Gasteiger partial charge in [0.2, 0.25) is 11.8 Å². The lowest BCUT2D eigenvalue weighted by molar-refractivity contribution is -0.143. The van der Waals surface area contributed by atoms with Gasteiger partial charge in [0.15, 0.2) is 0 Å². The predicted octanol–water partition coefficient (Wildman–Crippen LogP) is -1.06. The van der Waals surface area contributed by atoms with Crippen molar-refractivity contribution in [3.8, 4) is 0 Å². The quantitative estimate of drug-likeness (QED) is 0.450. The van der Waals surface area contributed by atoms with Crippen LogP contribution in [0.1, 0.15) is 19.8 Å². The molecule has 1 heterocycles. The van der Waals surface area contributed by atoms with E-state index in [0.29, 0.717) is 13.2 Å². The van der Waals surface area contributed by atoms with Crippen LogP contribution in [-0.2, 0) is 19.1 Å². The van der Waals surface area contributed by atoms with Crippen LogP contribution in [-0.4, -0.2) is 37.0 Å². The molecule has 0 bridgehead atoms. The third-order valence-corrected chi connectivity index (χ3v) is 1.99. The molecule has 0 spiro atoms. The summed E-state index contributed by atoms with van der Waals surface area (Å²) in [5.74, 6) is -0.924. The third-order valence-electron chi connectivity index (χ3n) is 1.99. The minimum Gasteiger partial charge on any atom is -0.466 e. The second-order valence-electron chi connectivity index (χ2n) is 3.18. The van der Waals surface area contributed by atoms with E-state index in [0.717, 1.165) is 0 Å². The molecular formula is C9H14N2O4. The minimum atomic E-state index is -0.507. The fraction of sp³-hybridized carbons (Fsp3) is 0.667. The van der Waals surface area contributed by atoms with Crippen molar-refractivity contribution in [2.45, 2.75) is 25.8 Å². The average molecular weight is 214 g/mol. The topological polar surface area (TPSA) is 84.5 Å². The summed E-state index contributed by atoms with van der Waals surface area (Å²) in [5.41, 5.74) is 0. The number of carbonyl (C=O) groups is 3. The first kappa shape index (κ1) is 11.6. The van der Waals surface area contributed by atoms with Crippen molar-refractivity contribution in [2.75, 3.05) is 13.2 Å². The number of ether oxygens (including phenoxy) is 1. The molecule has 6 nitrogen and oxygen atoms in total. The molecule has 2 amide bonds. The maximum absolute atomic E-state index is 11.1. The lowest BCUT2D eigenvalue weighted by Gasteiger charge is -2.07. The van der Waals surface area contributed by atoms with Crippen LogP contribution in [0.3, 0.4) is 0 Å². The van der Waals surface area contributed by atoms with Gasteiger partial charge in [-0.1, -0.05) is 0 Å². The molecule has 1 fully saturated rings. The average Bonchev–Trinajstić information content (AvgIpc) is 2.46. The first-order valence-electron chi connectivity index (χ1n) is 4.86. The Labute approximate surface area is 87.4 Å². The molecule has 0 aromatic rings. The maximum Gasteiger partial charge on any atom is 0.307 e. The lowest BCUT2D eigenvalue weighted by Crippen LogP contribution is -2.37. The maximum atomic E-state index is 11.1. The van der Waals surface area contributed by atoms with Gasteiger partial charge >= 0.3 is 5.97 Å². The molecular weight excluding hydrogens is 200 g/mol. The van der Waals surface area contributed by atoms with E-state index in [9.17, 15) is 14.4 Å².